The van der Waals surface area contributed by atoms with Gasteiger partial charge in [0.25, 0.3) is 0 Å². The summed E-state index contributed by atoms with van der Waals surface area (Å²) in [7, 11) is 0. The van der Waals surface area contributed by atoms with Gasteiger partial charge in [-0.1, -0.05) is 11.8 Å². The van der Waals surface area contributed by atoms with Gasteiger partial charge in [0.2, 0.25) is 5.91 Å². The fourth-order valence-electron chi connectivity index (χ4n) is 3.14. The van der Waals surface area contributed by atoms with Crippen LogP contribution < -0.4 is 0 Å². The Labute approximate surface area is 156 Å². The Kier molecular flexibility index (Phi) is 5.75. The first-order valence-corrected chi connectivity index (χ1v) is 9.74. The second kappa shape index (κ2) is 8.03. The molecule has 140 valence electrons. The van der Waals surface area contributed by atoms with E-state index in [-0.39, 0.29) is 23.5 Å². The highest BCUT2D eigenvalue weighted by Gasteiger charge is 2.28. The van der Waals surface area contributed by atoms with E-state index in [2.05, 4.69) is 15.2 Å². The summed E-state index contributed by atoms with van der Waals surface area (Å²) in [4.78, 5) is 30.5. The SMILES string of the molecule is CCOC(=O)C1CCN(C(=O)CSc2nnc3cc(C)nc(C)n23)CC1. The molecule has 0 spiro atoms. The van der Waals surface area contributed by atoms with E-state index in [0.717, 1.165) is 17.2 Å². The van der Waals surface area contributed by atoms with Crippen LogP contribution in [0.25, 0.3) is 5.65 Å². The normalized spacial score (nSPS) is 15.4. The van der Waals surface area contributed by atoms with E-state index in [1.807, 2.05) is 24.3 Å². The van der Waals surface area contributed by atoms with Crippen molar-refractivity contribution in [1.82, 2.24) is 24.5 Å². The largest absolute Gasteiger partial charge is 0.466 e. The van der Waals surface area contributed by atoms with Crippen molar-refractivity contribution in [3.63, 3.8) is 0 Å². The Morgan fingerprint density at radius 1 is 1.27 bits per heavy atom. The highest BCUT2D eigenvalue weighted by Crippen LogP contribution is 2.22. The first-order chi connectivity index (χ1) is 12.5. The number of hydrogen-bond donors (Lipinski definition) is 0. The number of thioether (sulfide) groups is 1. The summed E-state index contributed by atoms with van der Waals surface area (Å²) in [5, 5.41) is 8.99. The number of ether oxygens (including phenoxy) is 1. The van der Waals surface area contributed by atoms with E-state index in [0.29, 0.717) is 37.7 Å². The number of rotatable bonds is 5. The van der Waals surface area contributed by atoms with Crippen molar-refractivity contribution in [3.05, 3.63) is 17.6 Å². The van der Waals surface area contributed by atoms with Crippen molar-refractivity contribution in [2.75, 3.05) is 25.4 Å². The first-order valence-electron chi connectivity index (χ1n) is 8.76. The summed E-state index contributed by atoms with van der Waals surface area (Å²) in [6, 6.07) is 1.87. The van der Waals surface area contributed by atoms with Crippen LogP contribution in [0.15, 0.2) is 11.2 Å². The summed E-state index contributed by atoms with van der Waals surface area (Å²) >= 11 is 1.36. The second-order valence-corrected chi connectivity index (χ2v) is 7.26. The predicted octanol–water partition coefficient (Wildman–Crippen LogP) is 1.63. The van der Waals surface area contributed by atoms with E-state index >= 15 is 0 Å². The molecule has 1 fully saturated rings. The number of aryl methyl sites for hydroxylation is 2. The average molecular weight is 377 g/mol. The first kappa shape index (κ1) is 18.6. The maximum atomic E-state index is 12.5. The van der Waals surface area contributed by atoms with Crippen molar-refractivity contribution in [1.29, 1.82) is 0 Å². The molecule has 3 heterocycles. The number of fused-ring (bicyclic) bond motifs is 1. The number of carbonyl (C=O) groups excluding carboxylic acids is 2. The molecule has 0 saturated carbocycles. The van der Waals surface area contributed by atoms with Gasteiger partial charge >= 0.3 is 5.97 Å². The van der Waals surface area contributed by atoms with Crippen LogP contribution in [0.5, 0.6) is 0 Å². The monoisotopic (exact) mass is 377 g/mol. The van der Waals surface area contributed by atoms with Crippen LogP contribution in [-0.4, -0.2) is 61.8 Å². The van der Waals surface area contributed by atoms with Crippen molar-refractivity contribution < 1.29 is 14.3 Å². The van der Waals surface area contributed by atoms with Crippen LogP contribution >= 0.6 is 11.8 Å². The predicted molar refractivity (Wildman–Crippen MR) is 96.9 cm³/mol. The van der Waals surface area contributed by atoms with Gasteiger partial charge < -0.3 is 9.64 Å². The lowest BCUT2D eigenvalue weighted by Crippen LogP contribution is -2.41. The standard InChI is InChI=1S/C17H23N5O3S/c1-4-25-16(24)13-5-7-21(8-6-13)15(23)10-26-17-20-19-14-9-11(2)18-12(3)22(14)17/h9,13H,4-8,10H2,1-3H3. The third-order valence-corrected chi connectivity index (χ3v) is 5.36. The average Bonchev–Trinajstić information content (AvgIpc) is 3.03. The molecule has 1 aliphatic rings. The number of amides is 1. The number of carbonyl (C=O) groups is 2. The fourth-order valence-corrected chi connectivity index (χ4v) is 4.03. The van der Waals surface area contributed by atoms with Crippen LogP contribution in [0.3, 0.4) is 0 Å². The highest BCUT2D eigenvalue weighted by molar-refractivity contribution is 7.99. The number of likely N-dealkylation sites (tertiary alicyclic amines) is 1. The van der Waals surface area contributed by atoms with Gasteiger partial charge in [-0.15, -0.1) is 10.2 Å². The molecule has 1 amide bonds. The smallest absolute Gasteiger partial charge is 0.309 e. The minimum Gasteiger partial charge on any atom is -0.466 e. The Morgan fingerprint density at radius 3 is 2.69 bits per heavy atom. The maximum Gasteiger partial charge on any atom is 0.309 e. The molecule has 2 aromatic rings. The summed E-state index contributed by atoms with van der Waals surface area (Å²) < 4.78 is 6.92. The molecule has 3 rings (SSSR count). The fraction of sp³-hybridized carbons (Fsp3) is 0.588. The molecule has 0 bridgehead atoms. The van der Waals surface area contributed by atoms with Crippen molar-refractivity contribution >= 4 is 29.3 Å². The van der Waals surface area contributed by atoms with Gasteiger partial charge in [-0.2, -0.15) is 0 Å². The molecule has 8 nitrogen and oxygen atoms in total. The molecule has 0 atom stereocenters. The highest BCUT2D eigenvalue weighted by atomic mass is 32.2. The second-order valence-electron chi connectivity index (χ2n) is 6.32. The lowest BCUT2D eigenvalue weighted by molar-refractivity contribution is -0.151. The van der Waals surface area contributed by atoms with Gasteiger partial charge in [0.05, 0.1) is 18.3 Å². The van der Waals surface area contributed by atoms with Gasteiger partial charge in [0, 0.05) is 24.8 Å². The van der Waals surface area contributed by atoms with E-state index in [9.17, 15) is 9.59 Å². The molecule has 0 N–H and O–H groups in total. The number of aromatic nitrogens is 4. The molecule has 0 radical (unpaired) electrons. The minimum absolute atomic E-state index is 0.0479. The zero-order chi connectivity index (χ0) is 18.7. The molecule has 1 saturated heterocycles. The zero-order valence-electron chi connectivity index (χ0n) is 15.3. The summed E-state index contributed by atoms with van der Waals surface area (Å²) in [5.74, 6) is 0.895. The van der Waals surface area contributed by atoms with Crippen molar-refractivity contribution in [2.45, 2.75) is 38.8 Å². The van der Waals surface area contributed by atoms with Gasteiger partial charge in [0.1, 0.15) is 5.82 Å². The third-order valence-electron chi connectivity index (χ3n) is 4.45. The maximum absolute atomic E-state index is 12.5. The molecular weight excluding hydrogens is 354 g/mol. The van der Waals surface area contributed by atoms with Crippen LogP contribution in [0.2, 0.25) is 0 Å². The molecule has 0 aliphatic carbocycles. The quantitative estimate of drug-likeness (QED) is 0.578. The zero-order valence-corrected chi connectivity index (χ0v) is 16.1. The number of nitrogens with zero attached hydrogens (tertiary/aromatic N) is 5. The molecule has 1 aliphatic heterocycles. The molecular formula is C17H23N5O3S. The Hall–Kier alpha value is -2.16. The van der Waals surface area contributed by atoms with Crippen LogP contribution in [0.4, 0.5) is 0 Å². The topological polar surface area (TPSA) is 89.7 Å². The Morgan fingerprint density at radius 2 is 2.00 bits per heavy atom. The summed E-state index contributed by atoms with van der Waals surface area (Å²) in [6.45, 7) is 7.19. The van der Waals surface area contributed by atoms with E-state index in [1.54, 1.807) is 11.8 Å². The lowest BCUT2D eigenvalue weighted by Gasteiger charge is -2.30. The van der Waals surface area contributed by atoms with Gasteiger partial charge in [-0.3, -0.25) is 14.0 Å². The van der Waals surface area contributed by atoms with Crippen LogP contribution in [-0.2, 0) is 14.3 Å². The lowest BCUT2D eigenvalue weighted by atomic mass is 9.97. The van der Waals surface area contributed by atoms with Crippen molar-refractivity contribution in [3.8, 4) is 0 Å². The molecule has 26 heavy (non-hydrogen) atoms. The van der Waals surface area contributed by atoms with E-state index in [4.69, 9.17) is 4.74 Å². The van der Waals surface area contributed by atoms with Crippen molar-refractivity contribution in [2.24, 2.45) is 5.92 Å². The Bertz CT molecular complexity index is 814. The van der Waals surface area contributed by atoms with E-state index in [1.165, 1.54) is 11.8 Å². The summed E-state index contributed by atoms with van der Waals surface area (Å²) in [5.41, 5.74) is 1.62. The molecule has 0 aromatic carbocycles. The number of hydrogen-bond acceptors (Lipinski definition) is 7. The van der Waals surface area contributed by atoms with Gasteiger partial charge in [-0.25, -0.2) is 4.98 Å². The van der Waals surface area contributed by atoms with Gasteiger partial charge in [0.15, 0.2) is 10.8 Å². The van der Waals surface area contributed by atoms with Crippen LogP contribution in [0.1, 0.15) is 31.3 Å². The molecule has 2 aromatic heterocycles. The van der Waals surface area contributed by atoms with Crippen LogP contribution in [0, 0.1) is 19.8 Å². The minimum atomic E-state index is -0.151. The van der Waals surface area contributed by atoms with Gasteiger partial charge in [-0.05, 0) is 33.6 Å². The number of esters is 1. The van der Waals surface area contributed by atoms with E-state index < -0.39 is 0 Å². The Balaban J connectivity index is 1.56. The third kappa shape index (κ3) is 3.98. The summed E-state index contributed by atoms with van der Waals surface area (Å²) in [6.07, 6.45) is 1.32. The molecule has 0 unspecified atom stereocenters. The number of piperidine rings is 1. The molecule has 9 heteroatoms.